The van der Waals surface area contributed by atoms with Crippen molar-refractivity contribution in [1.82, 2.24) is 15.1 Å². The Morgan fingerprint density at radius 2 is 1.96 bits per heavy atom. The Hall–Kier alpha value is -1.44. The zero-order valence-electron chi connectivity index (χ0n) is 15.6. The third kappa shape index (κ3) is 5.53. The van der Waals surface area contributed by atoms with Crippen molar-refractivity contribution in [3.05, 3.63) is 35.4 Å². The molecule has 3 rings (SSSR count). The number of rotatable bonds is 6. The molecule has 0 saturated carbocycles. The molecule has 2 heterocycles. The van der Waals surface area contributed by atoms with Crippen molar-refractivity contribution >= 4 is 34.1 Å². The van der Waals surface area contributed by atoms with Crippen molar-refractivity contribution in [2.24, 2.45) is 5.92 Å². The van der Waals surface area contributed by atoms with Gasteiger partial charge in [-0.1, -0.05) is 56.0 Å². The minimum absolute atomic E-state index is 0.138. The summed E-state index contributed by atoms with van der Waals surface area (Å²) in [5, 5.41) is 12.0. The number of hydrogen-bond acceptors (Lipinski definition) is 6. The van der Waals surface area contributed by atoms with Gasteiger partial charge >= 0.3 is 0 Å². The first-order chi connectivity index (χ1) is 12.5. The normalized spacial score (nSPS) is 16.2. The molecule has 1 aliphatic rings. The monoisotopic (exact) mass is 390 g/mol. The van der Waals surface area contributed by atoms with Gasteiger partial charge in [0.15, 0.2) is 4.34 Å². The lowest BCUT2D eigenvalue weighted by Gasteiger charge is -2.30. The Morgan fingerprint density at radius 1 is 1.27 bits per heavy atom. The van der Waals surface area contributed by atoms with Crippen molar-refractivity contribution < 1.29 is 4.79 Å². The Morgan fingerprint density at radius 3 is 2.62 bits per heavy atom. The fourth-order valence-corrected chi connectivity index (χ4v) is 4.89. The molecule has 1 aromatic heterocycles. The summed E-state index contributed by atoms with van der Waals surface area (Å²) in [7, 11) is 0. The van der Waals surface area contributed by atoms with E-state index in [2.05, 4.69) is 41.2 Å². The fourth-order valence-electron chi connectivity index (χ4n) is 2.92. The number of piperidine rings is 1. The fraction of sp³-hybridized carbons (Fsp3) is 0.526. The minimum Gasteiger partial charge on any atom is -0.299 e. The second-order valence-corrected chi connectivity index (χ2v) is 9.95. The highest BCUT2D eigenvalue weighted by Gasteiger charge is 2.16. The Kier molecular flexibility index (Phi) is 6.67. The van der Waals surface area contributed by atoms with Crippen LogP contribution in [-0.2, 0) is 6.54 Å². The maximum Gasteiger partial charge on any atom is 0.257 e. The highest BCUT2D eigenvalue weighted by atomic mass is 32.2. The first-order valence-electron chi connectivity index (χ1n) is 9.12. The highest BCUT2D eigenvalue weighted by Crippen LogP contribution is 2.28. The van der Waals surface area contributed by atoms with E-state index in [1.165, 1.54) is 29.7 Å². The molecule has 26 heavy (non-hydrogen) atoms. The average molecular weight is 391 g/mol. The van der Waals surface area contributed by atoms with E-state index in [-0.39, 0.29) is 5.91 Å². The summed E-state index contributed by atoms with van der Waals surface area (Å²) in [6.07, 6.45) is 2.55. The van der Waals surface area contributed by atoms with Gasteiger partial charge in [-0.2, -0.15) is 0 Å². The van der Waals surface area contributed by atoms with Gasteiger partial charge in [0.2, 0.25) is 5.13 Å². The number of thioether (sulfide) groups is 1. The van der Waals surface area contributed by atoms with E-state index >= 15 is 0 Å². The van der Waals surface area contributed by atoms with Gasteiger partial charge in [0, 0.05) is 17.4 Å². The van der Waals surface area contributed by atoms with Gasteiger partial charge in [-0.15, -0.1) is 10.2 Å². The zero-order valence-corrected chi connectivity index (χ0v) is 17.2. The summed E-state index contributed by atoms with van der Waals surface area (Å²) in [6, 6.07) is 7.88. The highest BCUT2D eigenvalue weighted by molar-refractivity contribution is 8.01. The number of carbonyl (C=O) groups excluding carboxylic acids is 1. The van der Waals surface area contributed by atoms with Gasteiger partial charge in [0.1, 0.15) is 0 Å². The summed E-state index contributed by atoms with van der Waals surface area (Å²) in [5.41, 5.74) is 1.90. The van der Waals surface area contributed by atoms with Gasteiger partial charge in [-0.3, -0.25) is 15.0 Å². The molecule has 0 radical (unpaired) electrons. The van der Waals surface area contributed by atoms with Crippen LogP contribution in [0.25, 0.3) is 0 Å². The topological polar surface area (TPSA) is 58.1 Å². The summed E-state index contributed by atoms with van der Waals surface area (Å²) in [5.74, 6) is 0.706. The number of likely N-dealkylation sites (tertiary alicyclic amines) is 1. The molecule has 5 nitrogen and oxygen atoms in total. The Balaban J connectivity index is 1.54. The number of aromatic nitrogens is 2. The van der Waals surface area contributed by atoms with Crippen LogP contribution in [0.1, 0.15) is 49.5 Å². The van der Waals surface area contributed by atoms with Crippen LogP contribution in [0.5, 0.6) is 0 Å². The molecule has 1 saturated heterocycles. The van der Waals surface area contributed by atoms with Crippen molar-refractivity contribution in [3.63, 3.8) is 0 Å². The third-order valence-corrected chi connectivity index (χ3v) is 6.39. The number of benzene rings is 1. The van der Waals surface area contributed by atoms with E-state index in [9.17, 15) is 4.79 Å². The summed E-state index contributed by atoms with van der Waals surface area (Å²) in [4.78, 5) is 14.9. The van der Waals surface area contributed by atoms with Crippen molar-refractivity contribution in [1.29, 1.82) is 0 Å². The predicted octanol–water partition coefficient (Wildman–Crippen LogP) is 4.52. The lowest BCUT2D eigenvalue weighted by Crippen LogP contribution is -2.32. The quantitative estimate of drug-likeness (QED) is 0.580. The molecular weight excluding hydrogens is 364 g/mol. The van der Waals surface area contributed by atoms with Crippen LogP contribution in [0, 0.1) is 5.92 Å². The van der Waals surface area contributed by atoms with E-state index in [0.717, 1.165) is 29.9 Å². The average Bonchev–Trinajstić information content (AvgIpc) is 3.03. The van der Waals surface area contributed by atoms with E-state index in [1.807, 2.05) is 24.3 Å². The summed E-state index contributed by atoms with van der Waals surface area (Å²) < 4.78 is 0.876. The van der Waals surface area contributed by atoms with Crippen LogP contribution in [0.3, 0.4) is 0 Å². The van der Waals surface area contributed by atoms with Gasteiger partial charge in [0.25, 0.3) is 5.91 Å². The molecule has 0 unspecified atom stereocenters. The molecule has 1 N–H and O–H groups in total. The number of carbonyl (C=O) groups is 1. The van der Waals surface area contributed by atoms with Crippen LogP contribution < -0.4 is 5.32 Å². The lowest BCUT2D eigenvalue weighted by molar-refractivity contribution is 0.102. The largest absolute Gasteiger partial charge is 0.299 e. The van der Waals surface area contributed by atoms with E-state index in [1.54, 1.807) is 11.8 Å². The molecule has 0 bridgehead atoms. The van der Waals surface area contributed by atoms with Crippen LogP contribution in [-0.4, -0.2) is 39.3 Å². The Labute approximate surface area is 163 Å². The van der Waals surface area contributed by atoms with Crippen LogP contribution >= 0.6 is 23.1 Å². The number of nitrogens with one attached hydrogen (secondary N) is 1. The SMILES string of the molecule is CC1CCN(Cc2ccc(C(=O)Nc3nnc(SC(C)C)s3)cc2)CC1. The molecule has 1 aliphatic heterocycles. The van der Waals surface area contributed by atoms with E-state index in [0.29, 0.717) is 15.9 Å². The lowest BCUT2D eigenvalue weighted by atomic mass is 9.99. The predicted molar refractivity (Wildman–Crippen MR) is 109 cm³/mol. The molecule has 2 aromatic rings. The maximum absolute atomic E-state index is 12.4. The van der Waals surface area contributed by atoms with Crippen molar-refractivity contribution in [2.45, 2.75) is 49.7 Å². The third-order valence-electron chi connectivity index (χ3n) is 4.46. The van der Waals surface area contributed by atoms with Gasteiger partial charge in [-0.25, -0.2) is 0 Å². The van der Waals surface area contributed by atoms with Gasteiger partial charge < -0.3 is 0 Å². The number of anilines is 1. The smallest absolute Gasteiger partial charge is 0.257 e. The van der Waals surface area contributed by atoms with Crippen molar-refractivity contribution in [3.8, 4) is 0 Å². The molecular formula is C19H26N4OS2. The minimum atomic E-state index is -0.138. The standard InChI is InChI=1S/C19H26N4OS2/c1-13(2)25-19-22-21-18(26-19)20-17(24)16-6-4-15(5-7-16)12-23-10-8-14(3)9-11-23/h4-7,13-14H,8-12H2,1-3H3,(H,20,21,24). The summed E-state index contributed by atoms with van der Waals surface area (Å²) >= 11 is 3.06. The van der Waals surface area contributed by atoms with Crippen LogP contribution in [0.2, 0.25) is 0 Å². The first kappa shape index (κ1) is 19.3. The molecule has 1 fully saturated rings. The van der Waals surface area contributed by atoms with Crippen LogP contribution in [0.15, 0.2) is 28.6 Å². The van der Waals surface area contributed by atoms with E-state index in [4.69, 9.17) is 0 Å². The molecule has 1 aromatic carbocycles. The maximum atomic E-state index is 12.4. The van der Waals surface area contributed by atoms with Crippen LogP contribution in [0.4, 0.5) is 5.13 Å². The Bertz CT molecular complexity index is 721. The number of hydrogen-bond donors (Lipinski definition) is 1. The van der Waals surface area contributed by atoms with Gasteiger partial charge in [0.05, 0.1) is 0 Å². The molecule has 0 atom stereocenters. The first-order valence-corrected chi connectivity index (χ1v) is 10.8. The number of amides is 1. The zero-order chi connectivity index (χ0) is 18.5. The molecule has 7 heteroatoms. The molecule has 140 valence electrons. The molecule has 1 amide bonds. The molecule has 0 spiro atoms. The van der Waals surface area contributed by atoms with Gasteiger partial charge in [-0.05, 0) is 49.5 Å². The second kappa shape index (κ2) is 8.97. The second-order valence-electron chi connectivity index (χ2n) is 7.15. The molecule has 0 aliphatic carbocycles. The number of nitrogens with zero attached hydrogens (tertiary/aromatic N) is 3. The summed E-state index contributed by atoms with van der Waals surface area (Å²) in [6.45, 7) is 9.83. The van der Waals surface area contributed by atoms with E-state index < -0.39 is 0 Å². The van der Waals surface area contributed by atoms with Crippen molar-refractivity contribution in [2.75, 3.05) is 18.4 Å².